The molecule has 0 radical (unpaired) electrons. The molecule has 0 aromatic heterocycles. The highest BCUT2D eigenvalue weighted by molar-refractivity contribution is 7.98. The number of nitrogens with one attached hydrogen (secondary N) is 1. The van der Waals surface area contributed by atoms with E-state index in [0.717, 1.165) is 0 Å². The number of amides is 2. The van der Waals surface area contributed by atoms with Crippen molar-refractivity contribution in [2.45, 2.75) is 19.4 Å². The summed E-state index contributed by atoms with van der Waals surface area (Å²) in [6.07, 6.45) is 2.22. The lowest BCUT2D eigenvalue weighted by molar-refractivity contribution is -0.139. The number of aliphatic carboxylic acids is 1. The number of rotatable bonds is 7. The summed E-state index contributed by atoms with van der Waals surface area (Å²) in [7, 11) is 0. The second-order valence-electron chi connectivity index (χ2n) is 4.34. The number of hydrogen-bond donors (Lipinski definition) is 2. The number of anilines is 1. The van der Waals surface area contributed by atoms with E-state index in [9.17, 15) is 14.0 Å². The predicted octanol–water partition coefficient (Wildman–Crippen LogP) is 2.57. The second-order valence-corrected chi connectivity index (χ2v) is 5.33. The average molecular weight is 314 g/mol. The summed E-state index contributed by atoms with van der Waals surface area (Å²) in [4.78, 5) is 24.7. The van der Waals surface area contributed by atoms with Crippen LogP contribution < -0.4 is 10.2 Å². The summed E-state index contributed by atoms with van der Waals surface area (Å²) in [5.74, 6) is -0.814. The number of thioether (sulfide) groups is 1. The molecule has 5 nitrogen and oxygen atoms in total. The molecule has 2 N–H and O–H groups in total. The zero-order valence-corrected chi connectivity index (χ0v) is 12.8. The fourth-order valence-corrected chi connectivity index (χ4v) is 2.26. The molecule has 0 aliphatic rings. The molecule has 1 rings (SSSR count). The third kappa shape index (κ3) is 5.26. The van der Waals surface area contributed by atoms with Crippen molar-refractivity contribution in [3.8, 4) is 0 Å². The first-order valence-corrected chi connectivity index (χ1v) is 7.94. The number of urea groups is 1. The third-order valence-corrected chi connectivity index (χ3v) is 3.55. The Hall–Kier alpha value is -1.76. The minimum atomic E-state index is -1.06. The van der Waals surface area contributed by atoms with E-state index < -0.39 is 23.9 Å². The first-order valence-electron chi connectivity index (χ1n) is 6.55. The summed E-state index contributed by atoms with van der Waals surface area (Å²) < 4.78 is 12.9. The number of halogens is 1. The van der Waals surface area contributed by atoms with Crippen LogP contribution in [0.4, 0.5) is 14.9 Å². The summed E-state index contributed by atoms with van der Waals surface area (Å²) in [5, 5.41) is 11.6. The highest BCUT2D eigenvalue weighted by Crippen LogP contribution is 2.15. The van der Waals surface area contributed by atoms with Gasteiger partial charge in [-0.2, -0.15) is 11.8 Å². The molecule has 7 heteroatoms. The number of carbonyl (C=O) groups is 2. The Morgan fingerprint density at radius 3 is 2.48 bits per heavy atom. The van der Waals surface area contributed by atoms with Gasteiger partial charge in [-0.1, -0.05) is 0 Å². The molecule has 1 aromatic carbocycles. The maximum Gasteiger partial charge on any atom is 0.326 e. The molecule has 0 bridgehead atoms. The van der Waals surface area contributed by atoms with Crippen LogP contribution in [0.5, 0.6) is 0 Å². The van der Waals surface area contributed by atoms with E-state index in [1.54, 1.807) is 6.92 Å². The van der Waals surface area contributed by atoms with Gasteiger partial charge in [0.15, 0.2) is 0 Å². The van der Waals surface area contributed by atoms with E-state index in [1.807, 2.05) is 6.26 Å². The molecular weight excluding hydrogens is 295 g/mol. The second kappa shape index (κ2) is 8.51. The van der Waals surface area contributed by atoms with E-state index in [-0.39, 0.29) is 0 Å². The summed E-state index contributed by atoms with van der Waals surface area (Å²) in [5.41, 5.74) is 0.519. The summed E-state index contributed by atoms with van der Waals surface area (Å²) in [6.45, 7) is 2.12. The van der Waals surface area contributed by atoms with E-state index in [2.05, 4.69) is 5.32 Å². The number of carboxylic acids is 1. The van der Waals surface area contributed by atoms with Crippen LogP contribution in [0.25, 0.3) is 0 Å². The van der Waals surface area contributed by atoms with Crippen LogP contribution in [-0.2, 0) is 4.79 Å². The van der Waals surface area contributed by atoms with Crippen LogP contribution >= 0.6 is 11.8 Å². The van der Waals surface area contributed by atoms with Gasteiger partial charge in [0.1, 0.15) is 11.9 Å². The van der Waals surface area contributed by atoms with Crippen molar-refractivity contribution in [3.63, 3.8) is 0 Å². The van der Waals surface area contributed by atoms with Crippen LogP contribution in [0, 0.1) is 5.82 Å². The van der Waals surface area contributed by atoms with Crippen molar-refractivity contribution in [1.82, 2.24) is 5.32 Å². The number of carboxylic acid groups (broad SMARTS) is 1. The van der Waals surface area contributed by atoms with Gasteiger partial charge in [0.2, 0.25) is 0 Å². The largest absolute Gasteiger partial charge is 0.480 e. The molecule has 1 aromatic rings. The zero-order valence-electron chi connectivity index (χ0n) is 12.0. The lowest BCUT2D eigenvalue weighted by atomic mass is 10.2. The van der Waals surface area contributed by atoms with Crippen LogP contribution in [0.2, 0.25) is 0 Å². The molecule has 0 spiro atoms. The molecular formula is C14H19FN2O3S. The van der Waals surface area contributed by atoms with Crippen molar-refractivity contribution < 1.29 is 19.1 Å². The third-order valence-electron chi connectivity index (χ3n) is 2.91. The molecule has 1 unspecified atom stereocenters. The van der Waals surface area contributed by atoms with Gasteiger partial charge in [0, 0.05) is 12.2 Å². The smallest absolute Gasteiger partial charge is 0.326 e. The monoisotopic (exact) mass is 314 g/mol. The fourth-order valence-electron chi connectivity index (χ4n) is 1.78. The Balaban J connectivity index is 2.77. The molecule has 116 valence electrons. The summed E-state index contributed by atoms with van der Waals surface area (Å²) >= 11 is 1.52. The number of nitrogens with zero attached hydrogens (tertiary/aromatic N) is 1. The van der Waals surface area contributed by atoms with Gasteiger partial charge in [-0.15, -0.1) is 0 Å². The molecule has 0 fully saturated rings. The number of hydrogen-bond acceptors (Lipinski definition) is 3. The van der Waals surface area contributed by atoms with Crippen LogP contribution in [0.15, 0.2) is 24.3 Å². The lowest BCUT2D eigenvalue weighted by Gasteiger charge is -2.24. The SMILES string of the molecule is CCN(C(=O)NC(CCSC)C(=O)O)c1ccc(F)cc1. The number of carbonyl (C=O) groups excluding carboxylic acids is 1. The minimum absolute atomic E-state index is 0.350. The summed E-state index contributed by atoms with van der Waals surface area (Å²) in [6, 6.07) is 4.05. The first-order chi connectivity index (χ1) is 9.99. The van der Waals surface area contributed by atoms with Crippen molar-refractivity contribution in [2.24, 2.45) is 0 Å². The molecule has 0 saturated carbocycles. The zero-order chi connectivity index (χ0) is 15.8. The standard InChI is InChI=1S/C14H19FN2O3S/c1-3-17(11-6-4-10(15)5-7-11)14(20)16-12(13(18)19)8-9-21-2/h4-7,12H,3,8-9H2,1-2H3,(H,16,20)(H,18,19). The fraction of sp³-hybridized carbons (Fsp3) is 0.429. The maximum atomic E-state index is 12.9. The highest BCUT2D eigenvalue weighted by Gasteiger charge is 2.22. The van der Waals surface area contributed by atoms with E-state index >= 15 is 0 Å². The Bertz CT molecular complexity index is 482. The topological polar surface area (TPSA) is 69.6 Å². The Labute approximate surface area is 127 Å². The highest BCUT2D eigenvalue weighted by atomic mass is 32.2. The van der Waals surface area contributed by atoms with E-state index in [4.69, 9.17) is 5.11 Å². The first kappa shape index (κ1) is 17.3. The normalized spacial score (nSPS) is 11.8. The molecule has 21 heavy (non-hydrogen) atoms. The van der Waals surface area contributed by atoms with Crippen molar-refractivity contribution >= 4 is 29.4 Å². The molecule has 2 amide bonds. The number of benzene rings is 1. The van der Waals surface area contributed by atoms with Crippen LogP contribution in [0.1, 0.15) is 13.3 Å². The Morgan fingerprint density at radius 2 is 2.00 bits per heavy atom. The van der Waals surface area contributed by atoms with Gasteiger partial charge in [-0.25, -0.2) is 14.0 Å². The van der Waals surface area contributed by atoms with Gasteiger partial charge >= 0.3 is 12.0 Å². The predicted molar refractivity (Wildman–Crippen MR) is 82.4 cm³/mol. The van der Waals surface area contributed by atoms with Gasteiger partial charge in [0.05, 0.1) is 0 Å². The van der Waals surface area contributed by atoms with Crippen molar-refractivity contribution in [1.29, 1.82) is 0 Å². The molecule has 0 aliphatic carbocycles. The lowest BCUT2D eigenvalue weighted by Crippen LogP contribution is -2.48. The minimum Gasteiger partial charge on any atom is -0.480 e. The van der Waals surface area contributed by atoms with Gasteiger partial charge in [-0.3, -0.25) is 4.90 Å². The molecule has 0 saturated heterocycles. The average Bonchev–Trinajstić information content (AvgIpc) is 2.46. The van der Waals surface area contributed by atoms with Crippen molar-refractivity contribution in [3.05, 3.63) is 30.1 Å². The molecule has 1 atom stereocenters. The quantitative estimate of drug-likeness (QED) is 0.811. The maximum absolute atomic E-state index is 12.9. The van der Waals surface area contributed by atoms with Crippen molar-refractivity contribution in [2.75, 3.05) is 23.5 Å². The van der Waals surface area contributed by atoms with Gasteiger partial charge in [-0.05, 0) is 49.6 Å². The molecule has 0 heterocycles. The van der Waals surface area contributed by atoms with Crippen LogP contribution in [-0.4, -0.2) is 41.7 Å². The van der Waals surface area contributed by atoms with Crippen LogP contribution in [0.3, 0.4) is 0 Å². The van der Waals surface area contributed by atoms with E-state index in [1.165, 1.54) is 40.9 Å². The van der Waals surface area contributed by atoms with Gasteiger partial charge < -0.3 is 10.4 Å². The van der Waals surface area contributed by atoms with E-state index in [0.29, 0.717) is 24.4 Å². The molecule has 0 aliphatic heterocycles. The Kier molecular flexibility index (Phi) is 7.01. The Morgan fingerprint density at radius 1 is 1.38 bits per heavy atom. The van der Waals surface area contributed by atoms with Gasteiger partial charge in [0.25, 0.3) is 0 Å².